The molecular weight excluding hydrogens is 276 g/mol. The maximum atomic E-state index is 5.39. The van der Waals surface area contributed by atoms with Crippen molar-refractivity contribution in [2.45, 2.75) is 13.8 Å². The van der Waals surface area contributed by atoms with Crippen LogP contribution in [-0.4, -0.2) is 15.0 Å². The highest BCUT2D eigenvalue weighted by molar-refractivity contribution is 5.95. The number of para-hydroxylation sites is 1. The van der Waals surface area contributed by atoms with Crippen molar-refractivity contribution < 1.29 is 4.42 Å². The third-order valence-electron chi connectivity index (χ3n) is 3.07. The molecule has 0 aliphatic heterocycles. The Kier molecular flexibility index (Phi) is 3.96. The average Bonchev–Trinajstić information content (AvgIpc) is 3.03. The van der Waals surface area contributed by atoms with E-state index in [-0.39, 0.29) is 0 Å². The van der Waals surface area contributed by atoms with Gasteiger partial charge in [0, 0.05) is 11.8 Å². The zero-order chi connectivity index (χ0) is 15.4. The van der Waals surface area contributed by atoms with Gasteiger partial charge in [-0.05, 0) is 18.2 Å². The van der Waals surface area contributed by atoms with Gasteiger partial charge in [-0.1, -0.05) is 32.0 Å². The number of furan rings is 1. The number of hydrogen-bond donors (Lipinski definition) is 1. The van der Waals surface area contributed by atoms with Crippen LogP contribution in [0.5, 0.6) is 0 Å². The van der Waals surface area contributed by atoms with Crippen LogP contribution in [0.25, 0.3) is 22.1 Å². The molecule has 5 nitrogen and oxygen atoms in total. The molecule has 0 radical (unpaired) electrons. The van der Waals surface area contributed by atoms with Crippen LogP contribution in [0.1, 0.15) is 13.8 Å². The Morgan fingerprint density at radius 1 is 1.00 bits per heavy atom. The van der Waals surface area contributed by atoms with E-state index < -0.39 is 0 Å². The quantitative estimate of drug-likeness (QED) is 0.587. The van der Waals surface area contributed by atoms with E-state index in [0.29, 0.717) is 11.5 Å². The van der Waals surface area contributed by atoms with Crippen molar-refractivity contribution >= 4 is 33.6 Å². The molecule has 22 heavy (non-hydrogen) atoms. The van der Waals surface area contributed by atoms with Crippen LogP contribution in [0.3, 0.4) is 0 Å². The lowest BCUT2D eigenvalue weighted by Gasteiger charge is -2.07. The minimum atomic E-state index is 0.646. The maximum Gasteiger partial charge on any atom is 0.165 e. The first-order valence-electron chi connectivity index (χ1n) is 7.21. The number of benzene rings is 1. The molecule has 0 aliphatic carbocycles. The molecule has 0 amide bonds. The molecule has 0 saturated heterocycles. The highest BCUT2D eigenvalue weighted by atomic mass is 16.3. The standard InChI is InChI=1S/C15H10N4O.C2H6/c1-2-4-10(5-3-1)18-14-11-8-13-12(6-7-20-13)19-15(11)17-9-16-14;1-2/h1-9H,(H,16,17,18,19);1-2H3. The summed E-state index contributed by atoms with van der Waals surface area (Å²) in [6.07, 6.45) is 3.13. The zero-order valence-electron chi connectivity index (χ0n) is 12.4. The molecule has 0 aliphatic rings. The fourth-order valence-corrected chi connectivity index (χ4v) is 2.13. The molecule has 0 saturated carbocycles. The third kappa shape index (κ3) is 2.61. The summed E-state index contributed by atoms with van der Waals surface area (Å²) in [6.45, 7) is 4.00. The van der Waals surface area contributed by atoms with Crippen molar-refractivity contribution in [2.75, 3.05) is 5.32 Å². The molecule has 5 heteroatoms. The largest absolute Gasteiger partial charge is 0.463 e. The Labute approximate surface area is 128 Å². The van der Waals surface area contributed by atoms with Gasteiger partial charge in [-0.15, -0.1) is 0 Å². The van der Waals surface area contributed by atoms with E-state index in [1.165, 1.54) is 6.33 Å². The molecule has 3 heterocycles. The monoisotopic (exact) mass is 292 g/mol. The third-order valence-corrected chi connectivity index (χ3v) is 3.07. The molecule has 4 rings (SSSR count). The average molecular weight is 292 g/mol. The Hall–Kier alpha value is -2.95. The molecule has 0 fully saturated rings. The molecule has 110 valence electrons. The smallest absolute Gasteiger partial charge is 0.165 e. The minimum Gasteiger partial charge on any atom is -0.463 e. The number of fused-ring (bicyclic) bond motifs is 2. The van der Waals surface area contributed by atoms with Gasteiger partial charge in [0.2, 0.25) is 0 Å². The van der Waals surface area contributed by atoms with E-state index in [4.69, 9.17) is 4.42 Å². The van der Waals surface area contributed by atoms with Gasteiger partial charge in [0.15, 0.2) is 11.2 Å². The van der Waals surface area contributed by atoms with Gasteiger partial charge in [-0.25, -0.2) is 15.0 Å². The summed E-state index contributed by atoms with van der Waals surface area (Å²) in [6, 6.07) is 13.6. The summed E-state index contributed by atoms with van der Waals surface area (Å²) in [5.74, 6) is 0.715. The molecular formula is C17H16N4O. The molecule has 1 aromatic carbocycles. The predicted molar refractivity (Wildman–Crippen MR) is 88.2 cm³/mol. The van der Waals surface area contributed by atoms with Gasteiger partial charge in [-0.2, -0.15) is 0 Å². The SMILES string of the molecule is CC.c1ccc(Nc2ncnc3nc4ccoc4cc23)cc1. The van der Waals surface area contributed by atoms with Gasteiger partial charge in [0.05, 0.1) is 11.6 Å². The number of nitrogens with zero attached hydrogens (tertiary/aromatic N) is 3. The summed E-state index contributed by atoms with van der Waals surface area (Å²) in [7, 11) is 0. The maximum absolute atomic E-state index is 5.39. The Morgan fingerprint density at radius 3 is 2.64 bits per heavy atom. The summed E-state index contributed by atoms with van der Waals surface area (Å²) in [4.78, 5) is 13.0. The van der Waals surface area contributed by atoms with Crippen LogP contribution in [-0.2, 0) is 0 Å². The molecule has 1 N–H and O–H groups in total. The number of nitrogens with one attached hydrogen (secondary N) is 1. The van der Waals surface area contributed by atoms with Gasteiger partial charge < -0.3 is 9.73 Å². The van der Waals surface area contributed by atoms with E-state index in [0.717, 1.165) is 22.2 Å². The minimum absolute atomic E-state index is 0.646. The Bertz CT molecular complexity index is 887. The van der Waals surface area contributed by atoms with E-state index >= 15 is 0 Å². The predicted octanol–water partition coefficient (Wildman–Crippen LogP) is 4.54. The second-order valence-corrected chi connectivity index (χ2v) is 4.38. The first kappa shape index (κ1) is 14.0. The van der Waals surface area contributed by atoms with E-state index in [1.54, 1.807) is 6.26 Å². The highest BCUT2D eigenvalue weighted by Crippen LogP contribution is 2.25. The van der Waals surface area contributed by atoms with E-state index in [9.17, 15) is 0 Å². The zero-order valence-corrected chi connectivity index (χ0v) is 12.4. The van der Waals surface area contributed by atoms with Gasteiger partial charge in [-0.3, -0.25) is 0 Å². The second-order valence-electron chi connectivity index (χ2n) is 4.38. The summed E-state index contributed by atoms with van der Waals surface area (Å²) in [5.41, 5.74) is 3.13. The van der Waals surface area contributed by atoms with Crippen LogP contribution >= 0.6 is 0 Å². The Morgan fingerprint density at radius 2 is 1.82 bits per heavy atom. The number of anilines is 2. The first-order chi connectivity index (χ1) is 10.9. The fraction of sp³-hybridized carbons (Fsp3) is 0.118. The summed E-state index contributed by atoms with van der Waals surface area (Å²) in [5, 5.41) is 4.10. The molecule has 4 aromatic rings. The van der Waals surface area contributed by atoms with Crippen LogP contribution in [0.2, 0.25) is 0 Å². The van der Waals surface area contributed by atoms with E-state index in [1.807, 2.05) is 56.3 Å². The summed E-state index contributed by atoms with van der Waals surface area (Å²) < 4.78 is 5.39. The topological polar surface area (TPSA) is 63.8 Å². The molecule has 0 spiro atoms. The fourth-order valence-electron chi connectivity index (χ4n) is 2.13. The van der Waals surface area contributed by atoms with Gasteiger partial charge >= 0.3 is 0 Å². The number of pyridine rings is 1. The molecule has 0 bridgehead atoms. The van der Waals surface area contributed by atoms with Crippen LogP contribution in [0.15, 0.2) is 59.5 Å². The Balaban J connectivity index is 0.000000693. The van der Waals surface area contributed by atoms with Crippen LogP contribution in [0.4, 0.5) is 11.5 Å². The number of hydrogen-bond acceptors (Lipinski definition) is 5. The van der Waals surface area contributed by atoms with Crippen LogP contribution in [0, 0.1) is 0 Å². The van der Waals surface area contributed by atoms with Crippen molar-refractivity contribution in [1.82, 2.24) is 15.0 Å². The highest BCUT2D eigenvalue weighted by Gasteiger charge is 2.08. The van der Waals surface area contributed by atoms with Crippen molar-refractivity contribution in [1.29, 1.82) is 0 Å². The lowest BCUT2D eigenvalue weighted by Crippen LogP contribution is -1.96. The van der Waals surface area contributed by atoms with Crippen molar-refractivity contribution in [3.8, 4) is 0 Å². The lowest BCUT2D eigenvalue weighted by molar-refractivity contribution is 0.616. The molecule has 0 unspecified atom stereocenters. The van der Waals surface area contributed by atoms with Gasteiger partial charge in [0.25, 0.3) is 0 Å². The number of rotatable bonds is 2. The molecule has 0 atom stereocenters. The van der Waals surface area contributed by atoms with Crippen molar-refractivity contribution in [2.24, 2.45) is 0 Å². The second kappa shape index (κ2) is 6.22. The van der Waals surface area contributed by atoms with Gasteiger partial charge in [0.1, 0.15) is 17.7 Å². The number of aromatic nitrogens is 3. The van der Waals surface area contributed by atoms with Crippen LogP contribution < -0.4 is 5.32 Å². The normalized spacial score (nSPS) is 10.3. The van der Waals surface area contributed by atoms with Crippen molar-refractivity contribution in [3.63, 3.8) is 0 Å². The lowest BCUT2D eigenvalue weighted by atomic mass is 10.2. The first-order valence-corrected chi connectivity index (χ1v) is 7.21. The van der Waals surface area contributed by atoms with E-state index in [2.05, 4.69) is 20.3 Å². The summed E-state index contributed by atoms with van der Waals surface area (Å²) >= 11 is 0. The van der Waals surface area contributed by atoms with Crippen molar-refractivity contribution in [3.05, 3.63) is 55.1 Å². The molecule has 3 aromatic heterocycles.